The van der Waals surface area contributed by atoms with E-state index in [2.05, 4.69) is 41.3 Å². The topological polar surface area (TPSA) is 60.9 Å². The fourth-order valence-electron chi connectivity index (χ4n) is 6.16. The number of nitrogens with zero attached hydrogens (tertiary/aromatic N) is 2. The Hall–Kier alpha value is -3.81. The normalized spacial score (nSPS) is 17.2. The Bertz CT molecular complexity index is 1600. The molecule has 6 rings (SSSR count). The summed E-state index contributed by atoms with van der Waals surface area (Å²) in [5, 5.41) is 12.5. The van der Waals surface area contributed by atoms with Crippen molar-refractivity contribution >= 4 is 20.8 Å². The Kier molecular flexibility index (Phi) is 7.26. The lowest BCUT2D eigenvalue weighted by atomic mass is 9.75. The van der Waals surface area contributed by atoms with Crippen LogP contribution >= 0.6 is 0 Å². The molecule has 1 aliphatic rings. The minimum absolute atomic E-state index is 0.249. The molecule has 1 heterocycles. The van der Waals surface area contributed by atoms with E-state index in [1.807, 2.05) is 84.9 Å². The Morgan fingerprint density at radius 3 is 1.68 bits per heavy atom. The molecule has 0 aliphatic carbocycles. The molecule has 0 radical (unpaired) electrons. The van der Waals surface area contributed by atoms with Gasteiger partial charge in [-0.2, -0.15) is 4.31 Å². The number of aliphatic hydroxyl groups excluding tert-OH is 1. The number of benzene rings is 5. The fourth-order valence-corrected chi connectivity index (χ4v) is 7.79. The first kappa shape index (κ1) is 26.4. The molecule has 0 spiro atoms. The quantitative estimate of drug-likeness (QED) is 0.273. The molecule has 1 N–H and O–H groups in total. The standard InChI is InChI=1S/C34H32N2O3S/c37-26-32-25-35(22-23-36(32)40(38,39)33-21-20-27-12-10-11-13-28(27)24-33)34(29-14-4-1-5-15-29,30-16-6-2-7-17-30)31-18-8-3-9-19-31/h1-21,24,32,37H,22-23,25-26H2. The minimum atomic E-state index is -3.83. The number of sulfonamides is 1. The van der Waals surface area contributed by atoms with E-state index in [0.29, 0.717) is 13.1 Å². The van der Waals surface area contributed by atoms with E-state index in [1.165, 1.54) is 4.31 Å². The molecular weight excluding hydrogens is 516 g/mol. The number of rotatable bonds is 7. The van der Waals surface area contributed by atoms with Gasteiger partial charge in [-0.15, -0.1) is 0 Å². The smallest absolute Gasteiger partial charge is 0.243 e. The molecule has 202 valence electrons. The van der Waals surface area contributed by atoms with Gasteiger partial charge >= 0.3 is 0 Å². The summed E-state index contributed by atoms with van der Waals surface area (Å²) in [5.41, 5.74) is 2.61. The van der Waals surface area contributed by atoms with Crippen molar-refractivity contribution in [2.75, 3.05) is 26.2 Å². The van der Waals surface area contributed by atoms with Crippen LogP contribution in [0.15, 0.2) is 138 Å². The maximum Gasteiger partial charge on any atom is 0.243 e. The van der Waals surface area contributed by atoms with Crippen molar-refractivity contribution in [3.8, 4) is 0 Å². The summed E-state index contributed by atoms with van der Waals surface area (Å²) in [7, 11) is -3.83. The highest BCUT2D eigenvalue weighted by Crippen LogP contribution is 2.43. The van der Waals surface area contributed by atoms with Crippen molar-refractivity contribution in [3.63, 3.8) is 0 Å². The van der Waals surface area contributed by atoms with Crippen molar-refractivity contribution in [2.45, 2.75) is 16.5 Å². The third kappa shape index (κ3) is 4.53. The summed E-state index contributed by atoms with van der Waals surface area (Å²) in [6.07, 6.45) is 0. The van der Waals surface area contributed by atoms with Gasteiger partial charge in [0.2, 0.25) is 10.0 Å². The van der Waals surface area contributed by atoms with Crippen LogP contribution in [0.3, 0.4) is 0 Å². The summed E-state index contributed by atoms with van der Waals surface area (Å²) >= 11 is 0. The third-order valence-electron chi connectivity index (χ3n) is 8.02. The summed E-state index contributed by atoms with van der Waals surface area (Å²) in [4.78, 5) is 2.58. The van der Waals surface area contributed by atoms with Crippen molar-refractivity contribution in [1.82, 2.24) is 9.21 Å². The number of fused-ring (bicyclic) bond motifs is 1. The molecule has 6 heteroatoms. The highest BCUT2D eigenvalue weighted by Gasteiger charge is 2.47. The van der Waals surface area contributed by atoms with E-state index < -0.39 is 21.6 Å². The predicted molar refractivity (Wildman–Crippen MR) is 159 cm³/mol. The lowest BCUT2D eigenvalue weighted by Crippen LogP contribution is -2.62. The fraction of sp³-hybridized carbons (Fsp3) is 0.176. The van der Waals surface area contributed by atoms with Crippen molar-refractivity contribution in [3.05, 3.63) is 150 Å². The zero-order chi connectivity index (χ0) is 27.6. The zero-order valence-corrected chi connectivity index (χ0v) is 23.0. The van der Waals surface area contributed by atoms with Gasteiger partial charge in [-0.05, 0) is 39.6 Å². The van der Waals surface area contributed by atoms with E-state index in [0.717, 1.165) is 27.5 Å². The third-order valence-corrected chi connectivity index (χ3v) is 9.96. The molecular formula is C34H32N2O3S. The maximum atomic E-state index is 14.0. The Morgan fingerprint density at radius 2 is 1.15 bits per heavy atom. The molecule has 1 aliphatic heterocycles. The molecule has 5 aromatic rings. The first-order valence-electron chi connectivity index (χ1n) is 13.6. The molecule has 40 heavy (non-hydrogen) atoms. The van der Waals surface area contributed by atoms with Crippen LogP contribution in [-0.2, 0) is 15.6 Å². The number of hydrogen-bond donors (Lipinski definition) is 1. The van der Waals surface area contributed by atoms with Gasteiger partial charge < -0.3 is 5.11 Å². The highest BCUT2D eigenvalue weighted by molar-refractivity contribution is 7.89. The number of aliphatic hydroxyl groups is 1. The Balaban J connectivity index is 1.44. The van der Waals surface area contributed by atoms with Gasteiger partial charge in [-0.25, -0.2) is 8.42 Å². The van der Waals surface area contributed by atoms with E-state index in [-0.39, 0.29) is 18.0 Å². The number of hydrogen-bond acceptors (Lipinski definition) is 4. The Morgan fingerprint density at radius 1 is 0.650 bits per heavy atom. The van der Waals surface area contributed by atoms with Gasteiger partial charge in [0, 0.05) is 19.6 Å². The lowest BCUT2D eigenvalue weighted by Gasteiger charge is -2.51. The molecule has 1 atom stereocenters. The van der Waals surface area contributed by atoms with Gasteiger partial charge in [-0.3, -0.25) is 4.90 Å². The second-order valence-corrected chi connectivity index (χ2v) is 12.1. The summed E-state index contributed by atoms with van der Waals surface area (Å²) in [6, 6.07) is 43.4. The molecule has 0 bridgehead atoms. The first-order chi connectivity index (χ1) is 19.5. The van der Waals surface area contributed by atoms with Crippen molar-refractivity contribution in [2.24, 2.45) is 0 Å². The lowest BCUT2D eigenvalue weighted by molar-refractivity contribution is 0.0460. The van der Waals surface area contributed by atoms with Gasteiger partial charge in [0.1, 0.15) is 0 Å². The molecule has 1 fully saturated rings. The van der Waals surface area contributed by atoms with E-state index in [9.17, 15) is 13.5 Å². The molecule has 0 amide bonds. The predicted octanol–water partition coefficient (Wildman–Crippen LogP) is 5.50. The molecule has 0 saturated carbocycles. The molecule has 1 unspecified atom stereocenters. The van der Waals surface area contributed by atoms with Crippen LogP contribution in [0.25, 0.3) is 10.8 Å². The van der Waals surface area contributed by atoms with E-state index >= 15 is 0 Å². The Labute approximate surface area is 236 Å². The van der Waals surface area contributed by atoms with E-state index in [4.69, 9.17) is 0 Å². The van der Waals surface area contributed by atoms with Gasteiger partial charge in [0.25, 0.3) is 0 Å². The molecule has 0 aromatic heterocycles. The molecule has 5 aromatic carbocycles. The van der Waals surface area contributed by atoms with Crippen LogP contribution in [-0.4, -0.2) is 55.0 Å². The van der Waals surface area contributed by atoms with Crippen molar-refractivity contribution in [1.29, 1.82) is 0 Å². The number of piperazine rings is 1. The van der Waals surface area contributed by atoms with Crippen LogP contribution in [0.5, 0.6) is 0 Å². The van der Waals surface area contributed by atoms with Crippen LogP contribution in [0.4, 0.5) is 0 Å². The zero-order valence-electron chi connectivity index (χ0n) is 22.2. The van der Waals surface area contributed by atoms with Gasteiger partial charge in [0.15, 0.2) is 0 Å². The highest BCUT2D eigenvalue weighted by atomic mass is 32.2. The van der Waals surface area contributed by atoms with Crippen LogP contribution in [0.1, 0.15) is 16.7 Å². The largest absolute Gasteiger partial charge is 0.395 e. The monoisotopic (exact) mass is 548 g/mol. The first-order valence-corrected chi connectivity index (χ1v) is 15.0. The summed E-state index contributed by atoms with van der Waals surface area (Å²) < 4.78 is 29.4. The second kappa shape index (κ2) is 11.0. The van der Waals surface area contributed by atoms with Gasteiger partial charge in [0.05, 0.1) is 23.1 Å². The summed E-state index contributed by atoms with van der Waals surface area (Å²) in [6.45, 7) is 0.830. The summed E-state index contributed by atoms with van der Waals surface area (Å²) in [5.74, 6) is 0. The average Bonchev–Trinajstić information content (AvgIpc) is 3.02. The SMILES string of the molecule is O=S(=O)(c1ccc2ccccc2c1)N1CCN(C(c2ccccc2)(c2ccccc2)c2ccccc2)CC1CO. The molecule has 1 saturated heterocycles. The van der Waals surface area contributed by atoms with Crippen LogP contribution in [0, 0.1) is 0 Å². The molecule has 5 nitrogen and oxygen atoms in total. The van der Waals surface area contributed by atoms with Gasteiger partial charge in [-0.1, -0.05) is 121 Å². The second-order valence-electron chi connectivity index (χ2n) is 10.2. The maximum absolute atomic E-state index is 14.0. The average molecular weight is 549 g/mol. The minimum Gasteiger partial charge on any atom is -0.395 e. The van der Waals surface area contributed by atoms with Crippen LogP contribution in [0.2, 0.25) is 0 Å². The van der Waals surface area contributed by atoms with Crippen LogP contribution < -0.4 is 0 Å². The van der Waals surface area contributed by atoms with Crippen molar-refractivity contribution < 1.29 is 13.5 Å². The van der Waals surface area contributed by atoms with E-state index in [1.54, 1.807) is 12.1 Å².